The zero-order chi connectivity index (χ0) is 22.0. The summed E-state index contributed by atoms with van der Waals surface area (Å²) >= 11 is 6.10. The molecule has 0 heterocycles. The zero-order valence-electron chi connectivity index (χ0n) is 17.6. The Morgan fingerprint density at radius 3 is 2.07 bits per heavy atom. The van der Waals surface area contributed by atoms with Gasteiger partial charge in [-0.1, -0.05) is 11.6 Å². The van der Waals surface area contributed by atoms with Crippen LogP contribution in [0.15, 0.2) is 12.1 Å². The number of rotatable bonds is 9. The summed E-state index contributed by atoms with van der Waals surface area (Å²) in [6, 6.07) is 3.56. The Morgan fingerprint density at radius 1 is 0.966 bits per heavy atom. The fraction of sp³-hybridized carbons (Fsp3) is 0.550. The summed E-state index contributed by atoms with van der Waals surface area (Å²) in [6.07, 6.45) is -0.103. The number of amides is 3. The third kappa shape index (κ3) is 10.6. The summed E-state index contributed by atoms with van der Waals surface area (Å²) in [5.41, 5.74) is 1.16. The van der Waals surface area contributed by atoms with Gasteiger partial charge in [0.05, 0.1) is 6.54 Å². The largest absolute Gasteiger partial charge is 0.484 e. The molecule has 0 aliphatic heterocycles. The summed E-state index contributed by atoms with van der Waals surface area (Å²) in [7, 11) is 0. The van der Waals surface area contributed by atoms with E-state index in [0.717, 1.165) is 11.1 Å². The Balaban J connectivity index is 2.14. The lowest BCUT2D eigenvalue weighted by molar-refractivity contribution is -0.123. The molecule has 0 fully saturated rings. The van der Waals surface area contributed by atoms with Crippen LogP contribution >= 0.6 is 11.6 Å². The minimum Gasteiger partial charge on any atom is -0.484 e. The van der Waals surface area contributed by atoms with E-state index in [2.05, 4.69) is 16.0 Å². The molecular formula is C20H30ClN3O5. The van der Waals surface area contributed by atoms with E-state index in [-0.39, 0.29) is 25.0 Å². The fourth-order valence-electron chi connectivity index (χ4n) is 2.26. The quantitative estimate of drug-likeness (QED) is 0.525. The van der Waals surface area contributed by atoms with Gasteiger partial charge in [-0.2, -0.15) is 0 Å². The lowest BCUT2D eigenvalue weighted by atomic mass is 10.1. The van der Waals surface area contributed by atoms with Crippen LogP contribution in [-0.2, 0) is 14.3 Å². The Morgan fingerprint density at radius 2 is 1.52 bits per heavy atom. The van der Waals surface area contributed by atoms with Crippen molar-refractivity contribution in [1.29, 1.82) is 0 Å². The number of carbonyl (C=O) groups is 3. The minimum atomic E-state index is -0.647. The van der Waals surface area contributed by atoms with Gasteiger partial charge in [-0.05, 0) is 64.3 Å². The Bertz CT molecular complexity index is 708. The average molecular weight is 428 g/mol. The van der Waals surface area contributed by atoms with Crippen LogP contribution in [0.1, 0.15) is 38.3 Å². The molecule has 1 aromatic carbocycles. The minimum absolute atomic E-state index is 0.104. The Labute approximate surface area is 176 Å². The van der Waals surface area contributed by atoms with Crippen LogP contribution < -0.4 is 20.7 Å². The first kappa shape index (κ1) is 24.6. The maximum Gasteiger partial charge on any atom is 0.408 e. The molecule has 9 heteroatoms. The first-order chi connectivity index (χ1) is 13.5. The van der Waals surface area contributed by atoms with Gasteiger partial charge in [0.25, 0.3) is 5.91 Å². The van der Waals surface area contributed by atoms with Crippen LogP contribution in [0.3, 0.4) is 0 Å². The van der Waals surface area contributed by atoms with Crippen molar-refractivity contribution in [3.63, 3.8) is 0 Å². The molecule has 0 atom stereocenters. The molecule has 29 heavy (non-hydrogen) atoms. The molecule has 0 unspecified atom stereocenters. The van der Waals surface area contributed by atoms with Crippen molar-refractivity contribution in [2.24, 2.45) is 0 Å². The molecule has 1 rings (SSSR count). The summed E-state index contributed by atoms with van der Waals surface area (Å²) < 4.78 is 10.5. The van der Waals surface area contributed by atoms with Crippen molar-refractivity contribution < 1.29 is 23.9 Å². The van der Waals surface area contributed by atoms with E-state index in [1.54, 1.807) is 32.9 Å². The molecule has 162 valence electrons. The molecule has 3 N–H and O–H groups in total. The maximum atomic E-state index is 11.8. The maximum absolute atomic E-state index is 11.8. The van der Waals surface area contributed by atoms with Crippen molar-refractivity contribution in [2.75, 3.05) is 26.2 Å². The Hall–Kier alpha value is -2.48. The molecule has 3 amide bonds. The van der Waals surface area contributed by atoms with E-state index in [4.69, 9.17) is 21.1 Å². The van der Waals surface area contributed by atoms with Crippen LogP contribution in [-0.4, -0.2) is 49.7 Å². The number of hydrogen-bond donors (Lipinski definition) is 3. The monoisotopic (exact) mass is 427 g/mol. The van der Waals surface area contributed by atoms with Gasteiger partial charge in [0.1, 0.15) is 11.4 Å². The topological polar surface area (TPSA) is 106 Å². The molecule has 0 spiro atoms. The lowest BCUT2D eigenvalue weighted by Gasteiger charge is -2.19. The number of nitrogens with one attached hydrogen (secondary N) is 3. The van der Waals surface area contributed by atoms with E-state index in [1.165, 1.54) is 0 Å². The zero-order valence-corrected chi connectivity index (χ0v) is 18.4. The number of carbonyl (C=O) groups excluding carboxylic acids is 3. The van der Waals surface area contributed by atoms with Gasteiger partial charge < -0.3 is 25.4 Å². The van der Waals surface area contributed by atoms with Crippen molar-refractivity contribution >= 4 is 29.5 Å². The van der Waals surface area contributed by atoms with E-state index >= 15 is 0 Å². The molecule has 0 radical (unpaired) electrons. The van der Waals surface area contributed by atoms with Gasteiger partial charge in [0, 0.05) is 18.1 Å². The third-order valence-electron chi connectivity index (χ3n) is 3.57. The number of halogens is 1. The molecule has 8 nitrogen and oxygen atoms in total. The van der Waals surface area contributed by atoms with Gasteiger partial charge in [0.2, 0.25) is 5.91 Å². The smallest absolute Gasteiger partial charge is 0.408 e. The summed E-state index contributed by atoms with van der Waals surface area (Å²) in [5.74, 6) is -0.00327. The highest BCUT2D eigenvalue weighted by atomic mass is 35.5. The predicted octanol–water partition coefficient (Wildman–Crippen LogP) is 2.48. The number of aryl methyl sites for hydroxylation is 2. The van der Waals surface area contributed by atoms with Crippen LogP contribution in [0, 0.1) is 13.8 Å². The van der Waals surface area contributed by atoms with Crippen molar-refractivity contribution in [3.05, 3.63) is 28.3 Å². The molecule has 0 aliphatic rings. The predicted molar refractivity (Wildman–Crippen MR) is 111 cm³/mol. The van der Waals surface area contributed by atoms with E-state index in [0.29, 0.717) is 30.3 Å². The first-order valence-corrected chi connectivity index (χ1v) is 9.75. The van der Waals surface area contributed by atoms with Gasteiger partial charge in [0.15, 0.2) is 6.61 Å². The molecule has 1 aromatic rings. The van der Waals surface area contributed by atoms with Crippen molar-refractivity contribution in [1.82, 2.24) is 16.0 Å². The van der Waals surface area contributed by atoms with Gasteiger partial charge in [-0.3, -0.25) is 9.59 Å². The standard InChI is InChI=1S/C20H30ClN3O5/c1-13-9-15(10-14(2)18(13)21)28-12-17(26)23-8-6-7-22-16(25)11-24-19(27)29-20(3,4)5/h9-10H,6-8,11-12H2,1-5H3,(H,22,25)(H,23,26)(H,24,27). The summed E-state index contributed by atoms with van der Waals surface area (Å²) in [5, 5.41) is 8.42. The van der Waals surface area contributed by atoms with Gasteiger partial charge in [-0.25, -0.2) is 4.79 Å². The number of hydrogen-bond acceptors (Lipinski definition) is 5. The highest BCUT2D eigenvalue weighted by Crippen LogP contribution is 2.25. The van der Waals surface area contributed by atoms with Crippen LogP contribution in [0.5, 0.6) is 5.75 Å². The normalized spacial score (nSPS) is 10.8. The van der Waals surface area contributed by atoms with Crippen molar-refractivity contribution in [2.45, 2.75) is 46.6 Å². The van der Waals surface area contributed by atoms with Gasteiger partial charge >= 0.3 is 6.09 Å². The van der Waals surface area contributed by atoms with Crippen LogP contribution in [0.2, 0.25) is 5.02 Å². The molecule has 0 aliphatic carbocycles. The number of alkyl carbamates (subject to hydrolysis) is 1. The molecule has 0 aromatic heterocycles. The molecule has 0 bridgehead atoms. The third-order valence-corrected chi connectivity index (χ3v) is 4.17. The average Bonchev–Trinajstić information content (AvgIpc) is 2.61. The van der Waals surface area contributed by atoms with Crippen LogP contribution in [0.4, 0.5) is 4.79 Å². The molecule has 0 saturated carbocycles. The van der Waals surface area contributed by atoms with E-state index < -0.39 is 11.7 Å². The second-order valence-corrected chi connectivity index (χ2v) is 7.95. The second kappa shape index (κ2) is 11.5. The lowest BCUT2D eigenvalue weighted by Crippen LogP contribution is -2.40. The van der Waals surface area contributed by atoms with E-state index in [9.17, 15) is 14.4 Å². The SMILES string of the molecule is Cc1cc(OCC(=O)NCCCNC(=O)CNC(=O)OC(C)(C)C)cc(C)c1Cl. The molecule has 0 saturated heterocycles. The summed E-state index contributed by atoms with van der Waals surface area (Å²) in [4.78, 5) is 34.9. The highest BCUT2D eigenvalue weighted by molar-refractivity contribution is 6.32. The second-order valence-electron chi connectivity index (χ2n) is 7.57. The first-order valence-electron chi connectivity index (χ1n) is 9.37. The highest BCUT2D eigenvalue weighted by Gasteiger charge is 2.16. The van der Waals surface area contributed by atoms with Crippen LogP contribution in [0.25, 0.3) is 0 Å². The Kier molecular flexibility index (Phi) is 9.74. The van der Waals surface area contributed by atoms with Gasteiger partial charge in [-0.15, -0.1) is 0 Å². The number of benzene rings is 1. The van der Waals surface area contributed by atoms with E-state index in [1.807, 2.05) is 13.8 Å². The number of ether oxygens (including phenoxy) is 2. The fourth-order valence-corrected chi connectivity index (χ4v) is 2.37. The molecular weight excluding hydrogens is 398 g/mol. The van der Waals surface area contributed by atoms with Crippen molar-refractivity contribution in [3.8, 4) is 5.75 Å². The summed E-state index contributed by atoms with van der Waals surface area (Å²) in [6.45, 7) is 9.45.